The van der Waals surface area contributed by atoms with Crippen LogP contribution in [0.3, 0.4) is 0 Å². The predicted molar refractivity (Wildman–Crippen MR) is 48.1 cm³/mol. The molecule has 0 unspecified atom stereocenters. The van der Waals surface area contributed by atoms with Crippen molar-refractivity contribution < 1.29 is 14.8 Å². The van der Waals surface area contributed by atoms with E-state index in [1.807, 2.05) is 6.07 Å². The number of carbonyl (C=O) groups is 2. The van der Waals surface area contributed by atoms with Crippen molar-refractivity contribution in [2.75, 3.05) is 5.43 Å². The molecule has 0 bridgehead atoms. The SMILES string of the molecule is O=C(NO)C(=O)NNc1ccccc1. The average molecular weight is 195 g/mol. The van der Waals surface area contributed by atoms with E-state index in [9.17, 15) is 9.59 Å². The van der Waals surface area contributed by atoms with Gasteiger partial charge in [-0.25, -0.2) is 5.48 Å². The first-order valence-corrected chi connectivity index (χ1v) is 3.79. The molecule has 0 radical (unpaired) electrons. The summed E-state index contributed by atoms with van der Waals surface area (Å²) >= 11 is 0. The monoisotopic (exact) mass is 195 g/mol. The van der Waals surface area contributed by atoms with Crippen LogP contribution in [0.4, 0.5) is 5.69 Å². The molecule has 6 heteroatoms. The number of hydrogen-bond acceptors (Lipinski definition) is 4. The fourth-order valence-corrected chi connectivity index (χ4v) is 0.758. The molecular formula is C8H9N3O3. The molecule has 14 heavy (non-hydrogen) atoms. The number of rotatable bonds is 2. The Balaban J connectivity index is 2.42. The summed E-state index contributed by atoms with van der Waals surface area (Å²) in [6.07, 6.45) is 0. The first kappa shape index (κ1) is 10.0. The molecule has 0 aliphatic heterocycles. The molecular weight excluding hydrogens is 186 g/mol. The molecule has 0 aliphatic carbocycles. The molecule has 0 atom stereocenters. The summed E-state index contributed by atoms with van der Waals surface area (Å²) < 4.78 is 0. The van der Waals surface area contributed by atoms with E-state index in [0.29, 0.717) is 5.69 Å². The van der Waals surface area contributed by atoms with E-state index >= 15 is 0 Å². The smallest absolute Gasteiger partial charge is 0.298 e. The Morgan fingerprint density at radius 2 is 1.71 bits per heavy atom. The zero-order chi connectivity index (χ0) is 10.4. The Bertz CT molecular complexity index is 326. The second-order valence-electron chi connectivity index (χ2n) is 2.39. The lowest BCUT2D eigenvalue weighted by molar-refractivity contribution is -0.143. The molecule has 4 N–H and O–H groups in total. The molecule has 2 amide bonds. The Labute approximate surface area is 79.9 Å². The highest BCUT2D eigenvalue weighted by Crippen LogP contribution is 2.01. The van der Waals surface area contributed by atoms with Crippen molar-refractivity contribution in [1.29, 1.82) is 0 Å². The zero-order valence-corrected chi connectivity index (χ0v) is 7.15. The van der Waals surface area contributed by atoms with Crippen LogP contribution in [0.25, 0.3) is 0 Å². The summed E-state index contributed by atoms with van der Waals surface area (Å²) in [6, 6.07) is 8.75. The summed E-state index contributed by atoms with van der Waals surface area (Å²) in [5, 5.41) is 8.11. The maximum atomic E-state index is 10.8. The maximum absolute atomic E-state index is 10.8. The van der Waals surface area contributed by atoms with E-state index in [1.54, 1.807) is 24.3 Å². The molecule has 1 rings (SSSR count). The average Bonchev–Trinajstić information content (AvgIpc) is 2.26. The summed E-state index contributed by atoms with van der Waals surface area (Å²) in [5.74, 6) is -2.11. The molecule has 0 saturated carbocycles. The van der Waals surface area contributed by atoms with Gasteiger partial charge < -0.3 is 0 Å². The highest BCUT2D eigenvalue weighted by Gasteiger charge is 2.10. The molecule has 0 fully saturated rings. The third-order valence-electron chi connectivity index (χ3n) is 1.40. The summed E-state index contributed by atoms with van der Waals surface area (Å²) in [4.78, 5) is 21.3. The molecule has 0 spiro atoms. The van der Waals surface area contributed by atoms with Crippen LogP contribution in [-0.2, 0) is 9.59 Å². The number of carbonyl (C=O) groups excluding carboxylic acids is 2. The number of nitrogens with one attached hydrogen (secondary N) is 3. The van der Waals surface area contributed by atoms with Gasteiger partial charge in [0.05, 0.1) is 5.69 Å². The van der Waals surface area contributed by atoms with Crippen molar-refractivity contribution in [3.8, 4) is 0 Å². The summed E-state index contributed by atoms with van der Waals surface area (Å²) in [5.41, 5.74) is 6.42. The molecule has 0 heterocycles. The van der Waals surface area contributed by atoms with Crippen LogP contribution >= 0.6 is 0 Å². The van der Waals surface area contributed by atoms with Gasteiger partial charge >= 0.3 is 11.8 Å². The molecule has 1 aromatic carbocycles. The van der Waals surface area contributed by atoms with Gasteiger partial charge in [-0.15, -0.1) is 0 Å². The van der Waals surface area contributed by atoms with Crippen LogP contribution in [0.2, 0.25) is 0 Å². The van der Waals surface area contributed by atoms with Gasteiger partial charge in [-0.05, 0) is 12.1 Å². The number of hydroxylamine groups is 1. The van der Waals surface area contributed by atoms with Gasteiger partial charge in [-0.2, -0.15) is 0 Å². The van der Waals surface area contributed by atoms with Crippen LogP contribution in [0.5, 0.6) is 0 Å². The van der Waals surface area contributed by atoms with E-state index in [1.165, 1.54) is 5.48 Å². The second-order valence-corrected chi connectivity index (χ2v) is 2.39. The van der Waals surface area contributed by atoms with Crippen molar-refractivity contribution >= 4 is 17.5 Å². The third-order valence-corrected chi connectivity index (χ3v) is 1.40. The molecule has 0 aromatic heterocycles. The van der Waals surface area contributed by atoms with Crippen LogP contribution in [0.15, 0.2) is 30.3 Å². The van der Waals surface area contributed by atoms with Crippen molar-refractivity contribution in [2.45, 2.75) is 0 Å². The lowest BCUT2D eigenvalue weighted by Crippen LogP contribution is -2.41. The number of amides is 2. The van der Waals surface area contributed by atoms with Crippen LogP contribution in [-0.4, -0.2) is 17.0 Å². The van der Waals surface area contributed by atoms with Crippen molar-refractivity contribution in [1.82, 2.24) is 10.9 Å². The van der Waals surface area contributed by atoms with Crippen LogP contribution in [0.1, 0.15) is 0 Å². The van der Waals surface area contributed by atoms with Gasteiger partial charge in [0.25, 0.3) is 0 Å². The summed E-state index contributed by atoms with van der Waals surface area (Å²) in [6.45, 7) is 0. The van der Waals surface area contributed by atoms with Gasteiger partial charge in [0.2, 0.25) is 0 Å². The number of benzene rings is 1. The van der Waals surface area contributed by atoms with Crippen molar-refractivity contribution in [3.05, 3.63) is 30.3 Å². The molecule has 1 aromatic rings. The topological polar surface area (TPSA) is 90.5 Å². The van der Waals surface area contributed by atoms with Crippen LogP contribution in [0, 0.1) is 0 Å². The van der Waals surface area contributed by atoms with Gasteiger partial charge in [0.1, 0.15) is 0 Å². The Kier molecular flexibility index (Phi) is 3.45. The fourth-order valence-electron chi connectivity index (χ4n) is 0.758. The molecule has 6 nitrogen and oxygen atoms in total. The number of anilines is 1. The first-order chi connectivity index (χ1) is 6.74. The standard InChI is InChI=1S/C8H9N3O3/c12-7(8(13)11-14)10-9-6-4-2-1-3-5-6/h1-5,9,14H,(H,10,12)(H,11,13). The zero-order valence-electron chi connectivity index (χ0n) is 7.15. The number of hydrazine groups is 1. The van der Waals surface area contributed by atoms with E-state index < -0.39 is 11.8 Å². The minimum absolute atomic E-state index is 0.631. The van der Waals surface area contributed by atoms with E-state index in [2.05, 4.69) is 10.9 Å². The van der Waals surface area contributed by atoms with Crippen molar-refractivity contribution in [2.24, 2.45) is 0 Å². The number of para-hydroxylation sites is 1. The lowest BCUT2D eigenvalue weighted by atomic mass is 10.3. The largest absolute Gasteiger partial charge is 0.334 e. The predicted octanol–water partition coefficient (Wildman–Crippen LogP) is -0.365. The molecule has 0 aliphatic rings. The Morgan fingerprint density at radius 3 is 2.29 bits per heavy atom. The lowest BCUT2D eigenvalue weighted by Gasteiger charge is -2.06. The molecule has 0 saturated heterocycles. The minimum atomic E-state index is -1.13. The van der Waals surface area contributed by atoms with E-state index in [0.717, 1.165) is 0 Å². The first-order valence-electron chi connectivity index (χ1n) is 3.79. The highest BCUT2D eigenvalue weighted by molar-refractivity contribution is 6.34. The van der Waals surface area contributed by atoms with Crippen molar-refractivity contribution in [3.63, 3.8) is 0 Å². The number of hydrogen-bond donors (Lipinski definition) is 4. The molecule has 74 valence electrons. The Morgan fingerprint density at radius 1 is 1.07 bits per heavy atom. The van der Waals surface area contributed by atoms with Gasteiger partial charge in [0.15, 0.2) is 0 Å². The fraction of sp³-hybridized carbons (Fsp3) is 0. The van der Waals surface area contributed by atoms with Gasteiger partial charge in [-0.3, -0.25) is 25.6 Å². The van der Waals surface area contributed by atoms with E-state index in [4.69, 9.17) is 5.21 Å². The quantitative estimate of drug-likeness (QED) is 0.294. The van der Waals surface area contributed by atoms with Crippen LogP contribution < -0.4 is 16.3 Å². The second kappa shape index (κ2) is 4.83. The third kappa shape index (κ3) is 2.76. The van der Waals surface area contributed by atoms with Gasteiger partial charge in [-0.1, -0.05) is 18.2 Å². The van der Waals surface area contributed by atoms with Gasteiger partial charge in [0, 0.05) is 0 Å². The minimum Gasteiger partial charge on any atom is -0.298 e. The maximum Gasteiger partial charge on any atom is 0.334 e. The summed E-state index contributed by atoms with van der Waals surface area (Å²) in [7, 11) is 0. The highest BCUT2D eigenvalue weighted by atomic mass is 16.5. The normalized spacial score (nSPS) is 8.93. The Hall–Kier alpha value is -2.08. The van der Waals surface area contributed by atoms with E-state index in [-0.39, 0.29) is 0 Å².